The van der Waals surface area contributed by atoms with Crippen LogP contribution < -0.4 is 15.0 Å². The number of amides is 2. The summed E-state index contributed by atoms with van der Waals surface area (Å²) in [6.45, 7) is 2.40. The largest absolute Gasteiger partial charge is 0.482 e. The number of hydrogen-bond acceptors (Lipinski definition) is 3. The molecular formula is C12H13IN2O3. The molecule has 1 aromatic carbocycles. The van der Waals surface area contributed by atoms with Crippen LogP contribution in [0.3, 0.4) is 0 Å². The van der Waals surface area contributed by atoms with Crippen LogP contribution in [0.2, 0.25) is 0 Å². The zero-order valence-electron chi connectivity index (χ0n) is 9.90. The summed E-state index contributed by atoms with van der Waals surface area (Å²) < 4.78 is 6.40. The molecule has 1 aliphatic rings. The summed E-state index contributed by atoms with van der Waals surface area (Å²) in [7, 11) is 0. The number of halogens is 1. The van der Waals surface area contributed by atoms with Gasteiger partial charge in [-0.05, 0) is 40.8 Å². The molecule has 0 aromatic heterocycles. The Hall–Kier alpha value is -1.31. The fourth-order valence-corrected chi connectivity index (χ4v) is 2.24. The lowest BCUT2D eigenvalue weighted by Gasteiger charge is -2.29. The number of nitrogens with one attached hydrogen (secondary N) is 1. The average Bonchev–Trinajstić information content (AvgIpc) is 2.31. The zero-order chi connectivity index (χ0) is 13.1. The standard InChI is InChI=1S/C12H13IN2O3/c1-8(16)14-4-5-15-10-6-9(13)2-3-11(10)18-7-12(15)17/h2-3,6H,4-5,7H2,1H3,(H,14,16). The summed E-state index contributed by atoms with van der Waals surface area (Å²) in [5, 5.41) is 2.68. The minimum Gasteiger partial charge on any atom is -0.482 e. The van der Waals surface area contributed by atoms with Crippen LogP contribution in [0.1, 0.15) is 6.92 Å². The van der Waals surface area contributed by atoms with E-state index in [9.17, 15) is 9.59 Å². The first-order valence-electron chi connectivity index (χ1n) is 5.55. The van der Waals surface area contributed by atoms with Crippen LogP contribution in [0.25, 0.3) is 0 Å². The van der Waals surface area contributed by atoms with Crippen molar-refractivity contribution in [3.63, 3.8) is 0 Å². The van der Waals surface area contributed by atoms with Gasteiger partial charge in [0.1, 0.15) is 5.75 Å². The Morgan fingerprint density at radius 1 is 1.56 bits per heavy atom. The van der Waals surface area contributed by atoms with E-state index in [4.69, 9.17) is 4.74 Å². The van der Waals surface area contributed by atoms with E-state index in [1.807, 2.05) is 18.2 Å². The molecule has 0 unspecified atom stereocenters. The van der Waals surface area contributed by atoms with E-state index in [1.165, 1.54) is 6.92 Å². The summed E-state index contributed by atoms with van der Waals surface area (Å²) in [6.07, 6.45) is 0. The Kier molecular flexibility index (Phi) is 4.05. The molecule has 0 saturated carbocycles. The van der Waals surface area contributed by atoms with Gasteiger partial charge in [0.25, 0.3) is 5.91 Å². The lowest BCUT2D eigenvalue weighted by molar-refractivity contribution is -0.122. The number of rotatable bonds is 3. The minimum absolute atomic E-state index is 0.0493. The van der Waals surface area contributed by atoms with E-state index in [0.717, 1.165) is 9.26 Å². The third-order valence-corrected chi connectivity index (χ3v) is 3.24. The fraction of sp³-hybridized carbons (Fsp3) is 0.333. The van der Waals surface area contributed by atoms with E-state index in [0.29, 0.717) is 18.8 Å². The quantitative estimate of drug-likeness (QED) is 0.823. The summed E-state index contributed by atoms with van der Waals surface area (Å²) in [5.41, 5.74) is 0.767. The van der Waals surface area contributed by atoms with E-state index in [1.54, 1.807) is 4.90 Å². The predicted octanol–water partition coefficient (Wildman–Crippen LogP) is 1.15. The Bertz CT molecular complexity index is 490. The van der Waals surface area contributed by atoms with E-state index in [-0.39, 0.29) is 18.4 Å². The SMILES string of the molecule is CC(=O)NCCN1C(=O)COc2ccc(I)cc21. The molecule has 0 bridgehead atoms. The molecule has 0 radical (unpaired) electrons. The van der Waals surface area contributed by atoms with Crippen LogP contribution >= 0.6 is 22.6 Å². The van der Waals surface area contributed by atoms with Crippen LogP contribution in [0.4, 0.5) is 5.69 Å². The average molecular weight is 360 g/mol. The van der Waals surface area contributed by atoms with Gasteiger partial charge < -0.3 is 15.0 Å². The first kappa shape index (κ1) is 13.1. The molecule has 0 fully saturated rings. The maximum Gasteiger partial charge on any atom is 0.265 e. The Labute approximate surface area is 119 Å². The van der Waals surface area contributed by atoms with Crippen molar-refractivity contribution < 1.29 is 14.3 Å². The second kappa shape index (κ2) is 5.55. The topological polar surface area (TPSA) is 58.6 Å². The lowest BCUT2D eigenvalue weighted by Crippen LogP contribution is -2.43. The minimum atomic E-state index is -0.0985. The molecule has 5 nitrogen and oxygen atoms in total. The van der Waals surface area contributed by atoms with E-state index in [2.05, 4.69) is 27.9 Å². The molecule has 2 rings (SSSR count). The van der Waals surface area contributed by atoms with Gasteiger partial charge in [0.15, 0.2) is 6.61 Å². The lowest BCUT2D eigenvalue weighted by atomic mass is 10.2. The summed E-state index contributed by atoms with van der Waals surface area (Å²) in [5.74, 6) is 0.520. The molecule has 6 heteroatoms. The normalized spacial score (nSPS) is 13.9. The number of fused-ring (bicyclic) bond motifs is 1. The van der Waals surface area contributed by atoms with Gasteiger partial charge in [-0.15, -0.1) is 0 Å². The Balaban J connectivity index is 2.16. The number of nitrogens with zero attached hydrogens (tertiary/aromatic N) is 1. The van der Waals surface area contributed by atoms with Gasteiger partial charge in [0.05, 0.1) is 5.69 Å². The molecule has 0 aliphatic carbocycles. The van der Waals surface area contributed by atoms with Crippen molar-refractivity contribution in [2.24, 2.45) is 0 Å². The van der Waals surface area contributed by atoms with Crippen LogP contribution in [0.15, 0.2) is 18.2 Å². The maximum atomic E-state index is 11.8. The van der Waals surface area contributed by atoms with Crippen molar-refractivity contribution in [3.05, 3.63) is 21.8 Å². The van der Waals surface area contributed by atoms with Crippen molar-refractivity contribution in [1.29, 1.82) is 0 Å². The van der Waals surface area contributed by atoms with Crippen LogP contribution in [-0.2, 0) is 9.59 Å². The highest BCUT2D eigenvalue weighted by atomic mass is 127. The molecule has 1 heterocycles. The van der Waals surface area contributed by atoms with Crippen LogP contribution in [-0.4, -0.2) is 31.5 Å². The number of benzene rings is 1. The first-order chi connectivity index (χ1) is 8.58. The summed E-state index contributed by atoms with van der Waals surface area (Å²) >= 11 is 2.19. The highest BCUT2D eigenvalue weighted by Crippen LogP contribution is 2.32. The summed E-state index contributed by atoms with van der Waals surface area (Å²) in [4.78, 5) is 24.3. The molecule has 1 aromatic rings. The number of ether oxygens (including phenoxy) is 1. The maximum absolute atomic E-state index is 11.8. The predicted molar refractivity (Wildman–Crippen MR) is 75.7 cm³/mol. The number of carbonyl (C=O) groups excluding carboxylic acids is 2. The van der Waals surface area contributed by atoms with Crippen molar-refractivity contribution in [2.45, 2.75) is 6.92 Å². The molecule has 96 valence electrons. The van der Waals surface area contributed by atoms with Gasteiger partial charge in [-0.3, -0.25) is 9.59 Å². The van der Waals surface area contributed by atoms with Gasteiger partial charge in [-0.1, -0.05) is 0 Å². The monoisotopic (exact) mass is 360 g/mol. The van der Waals surface area contributed by atoms with Crippen molar-refractivity contribution >= 4 is 40.1 Å². The molecule has 1 aliphatic heterocycles. The number of hydrogen-bond donors (Lipinski definition) is 1. The molecule has 18 heavy (non-hydrogen) atoms. The molecule has 1 N–H and O–H groups in total. The van der Waals surface area contributed by atoms with Crippen LogP contribution in [0, 0.1) is 3.57 Å². The number of carbonyl (C=O) groups is 2. The molecule has 0 spiro atoms. The molecular weight excluding hydrogens is 347 g/mol. The fourth-order valence-electron chi connectivity index (χ4n) is 1.76. The van der Waals surface area contributed by atoms with E-state index >= 15 is 0 Å². The third kappa shape index (κ3) is 2.92. The highest BCUT2D eigenvalue weighted by molar-refractivity contribution is 14.1. The van der Waals surface area contributed by atoms with E-state index < -0.39 is 0 Å². The second-order valence-corrected chi connectivity index (χ2v) is 5.17. The van der Waals surface area contributed by atoms with Gasteiger partial charge >= 0.3 is 0 Å². The van der Waals surface area contributed by atoms with Crippen molar-refractivity contribution in [3.8, 4) is 5.75 Å². The third-order valence-electron chi connectivity index (χ3n) is 2.57. The number of anilines is 1. The van der Waals surface area contributed by atoms with Crippen LogP contribution in [0.5, 0.6) is 5.75 Å². The molecule has 2 amide bonds. The Morgan fingerprint density at radius 3 is 3.06 bits per heavy atom. The van der Waals surface area contributed by atoms with Gasteiger partial charge in [-0.25, -0.2) is 0 Å². The smallest absolute Gasteiger partial charge is 0.265 e. The highest BCUT2D eigenvalue weighted by Gasteiger charge is 2.25. The van der Waals surface area contributed by atoms with Gasteiger partial charge in [0.2, 0.25) is 5.91 Å². The molecule has 0 atom stereocenters. The van der Waals surface area contributed by atoms with Crippen molar-refractivity contribution in [2.75, 3.05) is 24.6 Å². The summed E-state index contributed by atoms with van der Waals surface area (Å²) in [6, 6.07) is 5.69. The van der Waals surface area contributed by atoms with Gasteiger partial charge in [-0.2, -0.15) is 0 Å². The van der Waals surface area contributed by atoms with Gasteiger partial charge in [0, 0.05) is 23.6 Å². The zero-order valence-corrected chi connectivity index (χ0v) is 12.1. The second-order valence-electron chi connectivity index (χ2n) is 3.93. The first-order valence-corrected chi connectivity index (χ1v) is 6.63. The molecule has 0 saturated heterocycles. The van der Waals surface area contributed by atoms with Crippen molar-refractivity contribution in [1.82, 2.24) is 5.32 Å². The Morgan fingerprint density at radius 2 is 2.33 bits per heavy atom.